The topological polar surface area (TPSA) is 234 Å². The van der Waals surface area contributed by atoms with Crippen molar-refractivity contribution >= 4 is 57.2 Å². The molecule has 2 rings (SSSR count). The van der Waals surface area contributed by atoms with E-state index in [1.54, 1.807) is 58.9 Å². The van der Waals surface area contributed by atoms with Gasteiger partial charge in [0.2, 0.25) is 23.6 Å². The van der Waals surface area contributed by atoms with E-state index < -0.39 is 39.3 Å². The Bertz CT molecular complexity index is 1460. The molecule has 17 heteroatoms. The first kappa shape index (κ1) is 42.4. The summed E-state index contributed by atoms with van der Waals surface area (Å²) in [6.07, 6.45) is 5.05. The van der Waals surface area contributed by atoms with E-state index in [1.165, 1.54) is 12.2 Å². The average molecular weight is 710 g/mol. The van der Waals surface area contributed by atoms with Crippen molar-refractivity contribution in [1.82, 2.24) is 20.9 Å². The fraction of sp³-hybridized carbons (Fsp3) is 0.531. The molecule has 16 nitrogen and oxygen atoms in total. The SMILES string of the molecule is CC(C)C(NC(=O)CNC(=O)CCCCCN1C(=O)C=CC1=O)C(=O)NCC(=O)Nc1ccc(COC(=O)C(C)(C)C)cc1.CS(=O)(=O)O. The summed E-state index contributed by atoms with van der Waals surface area (Å²) in [5.74, 6) is -3.19. The standard InChI is InChI=1S/C31H43N5O8.CH4O3S/c1-20(2)28(35-25(39)17-32-23(37)9-7-6-8-16-36-26(40)14-15-27(36)41)29(42)33-18-24(38)34-22-12-10-21(11-13-22)19-44-30(43)31(3,4)5;1-5(2,3)4/h10-15,20,28H,6-9,16-19H2,1-5H3,(H,32,37)(H,33,42)(H,34,38)(H,35,39);1H3,(H,2,3,4). The highest BCUT2D eigenvalue weighted by Gasteiger charge is 2.25. The number of hydrogen-bond acceptors (Lipinski definition) is 10. The summed E-state index contributed by atoms with van der Waals surface area (Å²) in [5.41, 5.74) is 0.645. The number of ether oxygens (including phenoxy) is 1. The quantitative estimate of drug-likeness (QED) is 0.0705. The van der Waals surface area contributed by atoms with Crippen LogP contribution in [0.5, 0.6) is 0 Å². The van der Waals surface area contributed by atoms with E-state index in [-0.39, 0.29) is 55.7 Å². The zero-order valence-electron chi connectivity index (χ0n) is 28.7. The Labute approximate surface area is 286 Å². The molecule has 6 amide bonds. The van der Waals surface area contributed by atoms with Crippen LogP contribution in [0.25, 0.3) is 0 Å². The van der Waals surface area contributed by atoms with Crippen LogP contribution in [0, 0.1) is 11.3 Å². The Morgan fingerprint density at radius 3 is 1.94 bits per heavy atom. The molecule has 1 aliphatic rings. The molecule has 0 bridgehead atoms. The third kappa shape index (κ3) is 18.5. The van der Waals surface area contributed by atoms with E-state index in [4.69, 9.17) is 9.29 Å². The molecule has 0 radical (unpaired) electrons. The maximum atomic E-state index is 12.7. The second-order valence-corrected chi connectivity index (χ2v) is 14.0. The predicted molar refractivity (Wildman–Crippen MR) is 179 cm³/mol. The molecule has 1 heterocycles. The van der Waals surface area contributed by atoms with Gasteiger partial charge in [-0.05, 0) is 57.2 Å². The Morgan fingerprint density at radius 2 is 1.41 bits per heavy atom. The van der Waals surface area contributed by atoms with Crippen molar-refractivity contribution in [3.8, 4) is 0 Å². The zero-order valence-corrected chi connectivity index (χ0v) is 29.5. The van der Waals surface area contributed by atoms with Crippen LogP contribution in [0.1, 0.15) is 65.9 Å². The number of benzene rings is 1. The molecule has 1 atom stereocenters. The average Bonchev–Trinajstić information content (AvgIpc) is 3.31. The van der Waals surface area contributed by atoms with E-state index in [0.29, 0.717) is 37.8 Å². The van der Waals surface area contributed by atoms with Crippen molar-refractivity contribution in [3.05, 3.63) is 42.0 Å². The van der Waals surface area contributed by atoms with Crippen LogP contribution in [0.2, 0.25) is 0 Å². The number of nitrogens with one attached hydrogen (secondary N) is 4. The fourth-order valence-electron chi connectivity index (χ4n) is 3.94. The number of carbonyl (C=O) groups is 7. The number of anilines is 1. The molecule has 0 aromatic heterocycles. The smallest absolute Gasteiger partial charge is 0.311 e. The second-order valence-electron chi connectivity index (χ2n) is 12.6. The van der Waals surface area contributed by atoms with Crippen molar-refractivity contribution in [1.29, 1.82) is 0 Å². The normalized spacial score (nSPS) is 13.3. The van der Waals surface area contributed by atoms with Gasteiger partial charge in [0.05, 0.1) is 24.8 Å². The number of hydrogen-bond donors (Lipinski definition) is 5. The number of amides is 6. The molecule has 1 unspecified atom stereocenters. The number of carbonyl (C=O) groups excluding carboxylic acids is 7. The summed E-state index contributed by atoms with van der Waals surface area (Å²) in [4.78, 5) is 85.7. The Morgan fingerprint density at radius 1 is 0.857 bits per heavy atom. The first-order chi connectivity index (χ1) is 22.7. The highest BCUT2D eigenvalue weighted by atomic mass is 32.2. The number of unbranched alkanes of at least 4 members (excludes halogenated alkanes) is 2. The van der Waals surface area contributed by atoms with Gasteiger partial charge in [-0.25, -0.2) is 0 Å². The number of imide groups is 1. The van der Waals surface area contributed by atoms with Gasteiger partial charge in [-0.3, -0.25) is 43.0 Å². The van der Waals surface area contributed by atoms with Gasteiger partial charge in [0.25, 0.3) is 21.9 Å². The van der Waals surface area contributed by atoms with Gasteiger partial charge in [0, 0.05) is 30.8 Å². The van der Waals surface area contributed by atoms with Crippen LogP contribution in [0.3, 0.4) is 0 Å². The first-order valence-corrected chi connectivity index (χ1v) is 17.4. The Balaban J connectivity index is 0.00000223. The number of nitrogens with zero attached hydrogens (tertiary/aromatic N) is 1. The third-order valence-corrected chi connectivity index (χ3v) is 6.54. The molecule has 0 fully saturated rings. The molecule has 0 saturated heterocycles. The van der Waals surface area contributed by atoms with Gasteiger partial charge < -0.3 is 26.0 Å². The lowest BCUT2D eigenvalue weighted by molar-refractivity contribution is -0.154. The van der Waals surface area contributed by atoms with E-state index in [9.17, 15) is 42.0 Å². The van der Waals surface area contributed by atoms with Crippen molar-refractivity contribution in [3.63, 3.8) is 0 Å². The highest BCUT2D eigenvalue weighted by Crippen LogP contribution is 2.17. The van der Waals surface area contributed by atoms with E-state index in [1.807, 2.05) is 0 Å². The van der Waals surface area contributed by atoms with E-state index in [0.717, 1.165) is 10.5 Å². The van der Waals surface area contributed by atoms with Crippen LogP contribution in [-0.2, 0) is 55.0 Å². The fourth-order valence-corrected chi connectivity index (χ4v) is 3.94. The summed E-state index contributed by atoms with van der Waals surface area (Å²) in [6.45, 7) is 8.54. The second kappa shape index (κ2) is 20.0. The van der Waals surface area contributed by atoms with Crippen molar-refractivity contribution in [2.45, 2.75) is 73.0 Å². The number of esters is 1. The molecule has 1 aromatic carbocycles. The van der Waals surface area contributed by atoms with E-state index in [2.05, 4.69) is 21.3 Å². The first-order valence-electron chi connectivity index (χ1n) is 15.5. The maximum absolute atomic E-state index is 12.7. The molecule has 0 aliphatic carbocycles. The lowest BCUT2D eigenvalue weighted by Gasteiger charge is -2.21. The molecule has 0 spiro atoms. The van der Waals surface area contributed by atoms with Crippen LogP contribution in [0.15, 0.2) is 36.4 Å². The monoisotopic (exact) mass is 709 g/mol. The highest BCUT2D eigenvalue weighted by molar-refractivity contribution is 7.85. The van der Waals surface area contributed by atoms with E-state index >= 15 is 0 Å². The molecular formula is C32H47N5O11S. The molecule has 1 aliphatic heterocycles. The summed E-state index contributed by atoms with van der Waals surface area (Å²) >= 11 is 0. The van der Waals surface area contributed by atoms with Gasteiger partial charge in [0.1, 0.15) is 12.6 Å². The summed E-state index contributed by atoms with van der Waals surface area (Å²) in [5, 5.41) is 10.3. The van der Waals surface area contributed by atoms with Crippen LogP contribution < -0.4 is 21.3 Å². The summed E-state index contributed by atoms with van der Waals surface area (Å²) < 4.78 is 31.1. The van der Waals surface area contributed by atoms with Gasteiger partial charge in [-0.15, -0.1) is 0 Å². The van der Waals surface area contributed by atoms with Crippen LogP contribution in [-0.4, -0.2) is 91.2 Å². The Hall–Kier alpha value is -4.64. The minimum Gasteiger partial charge on any atom is -0.460 e. The van der Waals surface area contributed by atoms with Crippen LogP contribution in [0.4, 0.5) is 5.69 Å². The lowest BCUT2D eigenvalue weighted by atomic mass is 9.97. The summed E-state index contributed by atoms with van der Waals surface area (Å²) in [7, 11) is -3.67. The molecular weight excluding hydrogens is 662 g/mol. The van der Waals surface area contributed by atoms with Crippen LogP contribution >= 0.6 is 0 Å². The van der Waals surface area contributed by atoms with Gasteiger partial charge in [0.15, 0.2) is 0 Å². The van der Waals surface area contributed by atoms with Crippen molar-refractivity contribution in [2.75, 3.05) is 31.2 Å². The molecule has 272 valence electrons. The molecule has 1 aromatic rings. The zero-order chi connectivity index (χ0) is 37.4. The molecule has 0 saturated carbocycles. The number of rotatable bonds is 16. The Kier molecular flexibility index (Phi) is 17.3. The molecule has 5 N–H and O–H groups in total. The largest absolute Gasteiger partial charge is 0.460 e. The minimum atomic E-state index is -3.67. The predicted octanol–water partition coefficient (Wildman–Crippen LogP) is 1.08. The van der Waals surface area contributed by atoms with Gasteiger partial charge >= 0.3 is 5.97 Å². The van der Waals surface area contributed by atoms with Crippen molar-refractivity contribution in [2.24, 2.45) is 11.3 Å². The molecule has 49 heavy (non-hydrogen) atoms. The maximum Gasteiger partial charge on any atom is 0.311 e. The lowest BCUT2D eigenvalue weighted by Crippen LogP contribution is -2.52. The minimum absolute atomic E-state index is 0.109. The van der Waals surface area contributed by atoms with Crippen molar-refractivity contribution < 1.29 is 51.3 Å². The van der Waals surface area contributed by atoms with Gasteiger partial charge in [-0.2, -0.15) is 8.42 Å². The summed E-state index contributed by atoms with van der Waals surface area (Å²) in [6, 6.07) is 5.82. The third-order valence-electron chi connectivity index (χ3n) is 6.54. The van der Waals surface area contributed by atoms with Gasteiger partial charge in [-0.1, -0.05) is 32.4 Å².